The van der Waals surface area contributed by atoms with Crippen LogP contribution in [0.1, 0.15) is 37.7 Å². The van der Waals surface area contributed by atoms with E-state index in [0.717, 1.165) is 16.0 Å². The summed E-state index contributed by atoms with van der Waals surface area (Å²) >= 11 is 3.42. The highest BCUT2D eigenvalue weighted by Gasteiger charge is 2.17. The number of halogens is 1. The van der Waals surface area contributed by atoms with Gasteiger partial charge in [0.05, 0.1) is 10.8 Å². The predicted octanol–water partition coefficient (Wildman–Crippen LogP) is 4.27. The van der Waals surface area contributed by atoms with Crippen LogP contribution in [0.3, 0.4) is 0 Å². The van der Waals surface area contributed by atoms with E-state index < -0.39 is 10.8 Å². The third-order valence-electron chi connectivity index (χ3n) is 3.45. The van der Waals surface area contributed by atoms with Crippen LogP contribution in [-0.2, 0) is 16.1 Å². The van der Waals surface area contributed by atoms with Crippen molar-refractivity contribution in [1.82, 2.24) is 0 Å². The minimum absolute atomic E-state index is 0.681. The third kappa shape index (κ3) is 3.92. The summed E-state index contributed by atoms with van der Waals surface area (Å²) in [5, 5.41) is 0.864. The van der Waals surface area contributed by atoms with E-state index in [0.29, 0.717) is 5.92 Å². The molecule has 1 aliphatic rings. The topological polar surface area (TPSA) is 17.1 Å². The molecule has 0 aliphatic heterocycles. The highest BCUT2D eigenvalue weighted by molar-refractivity contribution is 9.08. The van der Waals surface area contributed by atoms with E-state index in [1.54, 1.807) is 0 Å². The Kier molecular flexibility index (Phi) is 5.23. The van der Waals surface area contributed by atoms with Gasteiger partial charge < -0.3 is 0 Å². The van der Waals surface area contributed by atoms with Crippen LogP contribution >= 0.6 is 15.9 Å². The molecule has 1 aliphatic carbocycles. The average molecular weight is 315 g/mol. The normalized spacial score (nSPS) is 19.1. The van der Waals surface area contributed by atoms with Crippen molar-refractivity contribution in [3.8, 4) is 0 Å². The first-order valence-electron chi connectivity index (χ1n) is 6.33. The molecule has 0 amide bonds. The van der Waals surface area contributed by atoms with Gasteiger partial charge in [0, 0.05) is 16.0 Å². The lowest BCUT2D eigenvalue weighted by atomic mass is 9.91. The van der Waals surface area contributed by atoms with Gasteiger partial charge in [0.2, 0.25) is 0 Å². The SMILES string of the molecule is O=S(CC1CCCCC1)c1ccc(CBr)cc1. The molecule has 2 rings (SSSR count). The highest BCUT2D eigenvalue weighted by atomic mass is 79.9. The fourth-order valence-electron chi connectivity index (χ4n) is 2.39. The maximum atomic E-state index is 12.2. The zero-order chi connectivity index (χ0) is 12.1. The Morgan fingerprint density at radius 3 is 2.35 bits per heavy atom. The Morgan fingerprint density at radius 2 is 1.76 bits per heavy atom. The van der Waals surface area contributed by atoms with E-state index in [4.69, 9.17) is 0 Å². The zero-order valence-corrected chi connectivity index (χ0v) is 12.4. The molecular formula is C14H19BrOS. The predicted molar refractivity (Wildman–Crippen MR) is 76.9 cm³/mol. The van der Waals surface area contributed by atoms with E-state index >= 15 is 0 Å². The second-order valence-corrected chi connectivity index (χ2v) is 6.85. The van der Waals surface area contributed by atoms with Crippen LogP contribution in [0.4, 0.5) is 0 Å². The van der Waals surface area contributed by atoms with Crippen molar-refractivity contribution >= 4 is 26.7 Å². The van der Waals surface area contributed by atoms with Crippen LogP contribution in [0.15, 0.2) is 29.2 Å². The van der Waals surface area contributed by atoms with Crippen LogP contribution < -0.4 is 0 Å². The van der Waals surface area contributed by atoms with Crippen LogP contribution in [0.5, 0.6) is 0 Å². The van der Waals surface area contributed by atoms with Crippen LogP contribution in [0.25, 0.3) is 0 Å². The van der Waals surface area contributed by atoms with E-state index in [9.17, 15) is 4.21 Å². The molecule has 0 saturated heterocycles. The van der Waals surface area contributed by atoms with Crippen molar-refractivity contribution in [2.45, 2.75) is 42.3 Å². The maximum Gasteiger partial charge on any atom is 0.0532 e. The molecule has 1 nitrogen and oxygen atoms in total. The lowest BCUT2D eigenvalue weighted by molar-refractivity contribution is 0.388. The maximum absolute atomic E-state index is 12.2. The number of hydrogen-bond acceptors (Lipinski definition) is 1. The lowest BCUT2D eigenvalue weighted by Crippen LogP contribution is -2.14. The fraction of sp³-hybridized carbons (Fsp3) is 0.571. The largest absolute Gasteiger partial charge is 0.254 e. The standard InChI is InChI=1S/C14H19BrOS/c15-10-12-6-8-14(9-7-12)17(16)11-13-4-2-1-3-5-13/h6-9,13H,1-5,10-11H2. The Hall–Kier alpha value is -0.150. The molecule has 1 aromatic rings. The van der Waals surface area contributed by atoms with Gasteiger partial charge in [-0.15, -0.1) is 0 Å². The van der Waals surface area contributed by atoms with Gasteiger partial charge in [-0.05, 0) is 36.5 Å². The molecule has 1 unspecified atom stereocenters. The Morgan fingerprint density at radius 1 is 1.12 bits per heavy atom. The van der Waals surface area contributed by atoms with Gasteiger partial charge in [-0.1, -0.05) is 47.3 Å². The lowest BCUT2D eigenvalue weighted by Gasteiger charge is -2.20. The summed E-state index contributed by atoms with van der Waals surface area (Å²) in [6.45, 7) is 0. The summed E-state index contributed by atoms with van der Waals surface area (Å²) in [4.78, 5) is 0.986. The van der Waals surface area contributed by atoms with Crippen molar-refractivity contribution in [3.05, 3.63) is 29.8 Å². The van der Waals surface area contributed by atoms with Crippen molar-refractivity contribution in [3.63, 3.8) is 0 Å². The van der Waals surface area contributed by atoms with Gasteiger partial charge in [0.1, 0.15) is 0 Å². The number of hydrogen-bond donors (Lipinski definition) is 0. The second kappa shape index (κ2) is 6.69. The molecule has 0 bridgehead atoms. The fourth-order valence-corrected chi connectivity index (χ4v) is 4.16. The van der Waals surface area contributed by atoms with Crippen LogP contribution in [0, 0.1) is 5.92 Å². The van der Waals surface area contributed by atoms with E-state index in [1.165, 1.54) is 37.7 Å². The van der Waals surface area contributed by atoms with Crippen molar-refractivity contribution in [1.29, 1.82) is 0 Å². The Balaban J connectivity index is 1.93. The van der Waals surface area contributed by atoms with E-state index in [-0.39, 0.29) is 0 Å². The minimum atomic E-state index is -0.807. The summed E-state index contributed by atoms with van der Waals surface area (Å²) in [7, 11) is -0.807. The van der Waals surface area contributed by atoms with Gasteiger partial charge in [0.25, 0.3) is 0 Å². The molecule has 0 radical (unpaired) electrons. The van der Waals surface area contributed by atoms with Crippen LogP contribution in [0.2, 0.25) is 0 Å². The van der Waals surface area contributed by atoms with Gasteiger partial charge in [-0.2, -0.15) is 0 Å². The van der Waals surface area contributed by atoms with Crippen molar-refractivity contribution in [2.24, 2.45) is 5.92 Å². The number of alkyl halides is 1. The smallest absolute Gasteiger partial charge is 0.0532 e. The Labute approximate surface area is 115 Å². The van der Waals surface area contributed by atoms with Crippen LogP contribution in [-0.4, -0.2) is 9.96 Å². The molecule has 1 fully saturated rings. The summed E-state index contributed by atoms with van der Waals surface area (Å²) in [5.74, 6) is 1.54. The first-order valence-corrected chi connectivity index (χ1v) is 8.77. The molecule has 1 saturated carbocycles. The summed E-state index contributed by atoms with van der Waals surface area (Å²) in [5.41, 5.74) is 1.24. The summed E-state index contributed by atoms with van der Waals surface area (Å²) < 4.78 is 12.2. The number of rotatable bonds is 4. The molecule has 0 spiro atoms. The van der Waals surface area contributed by atoms with Gasteiger partial charge >= 0.3 is 0 Å². The summed E-state index contributed by atoms with van der Waals surface area (Å²) in [6.07, 6.45) is 6.55. The van der Waals surface area contributed by atoms with E-state index in [1.807, 2.05) is 12.1 Å². The molecule has 1 atom stereocenters. The second-order valence-electron chi connectivity index (χ2n) is 4.79. The molecule has 0 heterocycles. The number of benzene rings is 1. The first kappa shape index (κ1) is 13.3. The van der Waals surface area contributed by atoms with Crippen molar-refractivity contribution in [2.75, 3.05) is 5.75 Å². The van der Waals surface area contributed by atoms with Gasteiger partial charge in [-0.3, -0.25) is 4.21 Å². The molecule has 94 valence electrons. The van der Waals surface area contributed by atoms with E-state index in [2.05, 4.69) is 28.1 Å². The minimum Gasteiger partial charge on any atom is -0.254 e. The molecular weight excluding hydrogens is 296 g/mol. The van der Waals surface area contributed by atoms with Gasteiger partial charge in [-0.25, -0.2) is 0 Å². The zero-order valence-electron chi connectivity index (χ0n) is 10.0. The van der Waals surface area contributed by atoms with Crippen molar-refractivity contribution < 1.29 is 4.21 Å². The Bertz CT molecular complexity index is 368. The third-order valence-corrected chi connectivity index (χ3v) is 5.67. The average Bonchev–Trinajstić information content (AvgIpc) is 2.40. The quantitative estimate of drug-likeness (QED) is 0.758. The first-order chi connectivity index (χ1) is 8.29. The molecule has 0 aromatic heterocycles. The molecule has 1 aromatic carbocycles. The molecule has 0 N–H and O–H groups in total. The monoisotopic (exact) mass is 314 g/mol. The van der Waals surface area contributed by atoms with Gasteiger partial charge in [0.15, 0.2) is 0 Å². The molecule has 17 heavy (non-hydrogen) atoms. The highest BCUT2D eigenvalue weighted by Crippen LogP contribution is 2.25. The summed E-state index contributed by atoms with van der Waals surface area (Å²) in [6, 6.07) is 8.14. The molecule has 3 heteroatoms.